The molecule has 8 aromatic carbocycles. The van der Waals surface area contributed by atoms with Crippen molar-refractivity contribution in [3.05, 3.63) is 200 Å². The summed E-state index contributed by atoms with van der Waals surface area (Å²) in [7, 11) is 0. The Kier molecular flexibility index (Phi) is 8.01. The highest BCUT2D eigenvalue weighted by Crippen LogP contribution is 2.44. The van der Waals surface area contributed by atoms with Gasteiger partial charge in [0, 0.05) is 58.6 Å². The third kappa shape index (κ3) is 5.86. The van der Waals surface area contributed by atoms with Gasteiger partial charge in [0.25, 0.3) is 0 Å². The van der Waals surface area contributed by atoms with Gasteiger partial charge in [0.15, 0.2) is 5.82 Å². The molecule has 11 aromatic rings. The molecule has 0 N–H and O–H groups in total. The summed E-state index contributed by atoms with van der Waals surface area (Å²) in [6.07, 6.45) is 0. The molecule has 0 amide bonds. The average molecular weight is 744 g/mol. The number of benzene rings is 8. The number of rotatable bonds is 6. The van der Waals surface area contributed by atoms with Crippen LogP contribution in [0.3, 0.4) is 0 Å². The maximum Gasteiger partial charge on any atom is 0.160 e. The van der Waals surface area contributed by atoms with E-state index in [1.807, 2.05) is 29.5 Å². The number of pyridine rings is 1. The number of fused-ring (bicyclic) bond motifs is 7. The number of hydrogen-bond acceptors (Lipinski definition) is 4. The van der Waals surface area contributed by atoms with Gasteiger partial charge in [0.05, 0.1) is 22.6 Å². The lowest BCUT2D eigenvalue weighted by Gasteiger charge is -2.14. The van der Waals surface area contributed by atoms with Crippen LogP contribution in [0.15, 0.2) is 200 Å². The minimum Gasteiger partial charge on any atom is -0.247 e. The van der Waals surface area contributed by atoms with Crippen molar-refractivity contribution >= 4 is 53.2 Å². The standard InChI is InChI=1S/C53H33N3S/c1-4-14-35(15-5-1)40-20-10-11-21-41(40)47-33-46(55-53(56-47)38-18-8-3-9-19-38)36-26-24-34(25-27-36)39-28-30-45-44(32-39)50-43(52(54-45)37-16-6-2-7-17-37)29-31-49-51(50)42-22-12-13-23-48(42)57-49/h1-33H. The van der Waals surface area contributed by atoms with Crippen LogP contribution in [0.4, 0.5) is 0 Å². The summed E-state index contributed by atoms with van der Waals surface area (Å²) in [5.41, 5.74) is 12.5. The number of hydrogen-bond donors (Lipinski definition) is 0. The van der Waals surface area contributed by atoms with E-state index in [0.717, 1.165) is 72.5 Å². The molecule has 0 radical (unpaired) electrons. The van der Waals surface area contributed by atoms with Crippen LogP contribution < -0.4 is 0 Å². The van der Waals surface area contributed by atoms with Gasteiger partial charge in [-0.05, 0) is 52.6 Å². The minimum absolute atomic E-state index is 0.700. The second-order valence-electron chi connectivity index (χ2n) is 14.3. The Bertz CT molecular complexity index is 3260. The SMILES string of the molecule is c1ccc(-c2nc(-c3ccc(-c4ccc5nc(-c6ccccc6)c6ccc7sc8ccccc8c7c6c5c4)cc3)cc(-c3ccccc3-c3ccccc3)n2)cc1. The van der Waals surface area contributed by atoms with Gasteiger partial charge >= 0.3 is 0 Å². The summed E-state index contributed by atoms with van der Waals surface area (Å²) >= 11 is 1.85. The molecule has 0 aliphatic carbocycles. The van der Waals surface area contributed by atoms with E-state index in [0.29, 0.717) is 5.82 Å². The van der Waals surface area contributed by atoms with Crippen LogP contribution in [-0.4, -0.2) is 15.0 Å². The molecule has 0 atom stereocenters. The first-order valence-corrected chi connectivity index (χ1v) is 20.0. The summed E-state index contributed by atoms with van der Waals surface area (Å²) in [5.74, 6) is 0.700. The van der Waals surface area contributed by atoms with E-state index in [1.165, 1.54) is 30.9 Å². The molecule has 3 aromatic heterocycles. The molecule has 0 spiro atoms. The van der Waals surface area contributed by atoms with Gasteiger partial charge in [-0.15, -0.1) is 11.3 Å². The Labute approximate surface area is 334 Å². The molecule has 0 fully saturated rings. The summed E-state index contributed by atoms with van der Waals surface area (Å²) in [6, 6.07) is 70.7. The average Bonchev–Trinajstić information content (AvgIpc) is 3.68. The zero-order chi connectivity index (χ0) is 37.7. The normalized spacial score (nSPS) is 11.5. The van der Waals surface area contributed by atoms with Crippen molar-refractivity contribution in [1.82, 2.24) is 15.0 Å². The Hall–Kier alpha value is -7.27. The summed E-state index contributed by atoms with van der Waals surface area (Å²) < 4.78 is 2.58. The minimum atomic E-state index is 0.700. The predicted octanol–water partition coefficient (Wildman–Crippen LogP) is 14.5. The van der Waals surface area contributed by atoms with E-state index < -0.39 is 0 Å². The van der Waals surface area contributed by atoms with Crippen molar-refractivity contribution in [2.75, 3.05) is 0 Å². The number of thiophene rings is 1. The number of nitrogens with zero attached hydrogens (tertiary/aromatic N) is 3. The topological polar surface area (TPSA) is 38.7 Å². The summed E-state index contributed by atoms with van der Waals surface area (Å²) in [4.78, 5) is 15.6. The first-order valence-electron chi connectivity index (χ1n) is 19.2. The molecule has 0 bridgehead atoms. The second kappa shape index (κ2) is 13.8. The fourth-order valence-electron chi connectivity index (χ4n) is 8.16. The summed E-state index contributed by atoms with van der Waals surface area (Å²) in [6.45, 7) is 0. The number of aromatic nitrogens is 3. The second-order valence-corrected chi connectivity index (χ2v) is 15.4. The van der Waals surface area contributed by atoms with Gasteiger partial charge in [0.2, 0.25) is 0 Å². The third-order valence-corrected chi connectivity index (χ3v) is 12.0. The van der Waals surface area contributed by atoms with E-state index in [2.05, 4.69) is 182 Å². The van der Waals surface area contributed by atoms with Gasteiger partial charge < -0.3 is 0 Å². The fourth-order valence-corrected chi connectivity index (χ4v) is 9.28. The molecule has 3 heterocycles. The van der Waals surface area contributed by atoms with E-state index in [1.54, 1.807) is 0 Å². The Balaban J connectivity index is 1.06. The summed E-state index contributed by atoms with van der Waals surface area (Å²) in [5, 5.41) is 6.16. The van der Waals surface area contributed by atoms with E-state index in [9.17, 15) is 0 Å². The van der Waals surface area contributed by atoms with E-state index in [4.69, 9.17) is 15.0 Å². The molecular weight excluding hydrogens is 711 g/mol. The highest BCUT2D eigenvalue weighted by atomic mass is 32.1. The maximum absolute atomic E-state index is 5.31. The lowest BCUT2D eigenvalue weighted by Crippen LogP contribution is -1.97. The molecular formula is C53H33N3S. The van der Waals surface area contributed by atoms with Crippen LogP contribution in [0, 0.1) is 0 Å². The zero-order valence-corrected chi connectivity index (χ0v) is 31.6. The molecule has 0 saturated carbocycles. The first-order chi connectivity index (χ1) is 28.2. The van der Waals surface area contributed by atoms with Gasteiger partial charge in [0.1, 0.15) is 0 Å². The van der Waals surface area contributed by atoms with Crippen LogP contribution in [0.1, 0.15) is 0 Å². The van der Waals surface area contributed by atoms with Crippen LogP contribution in [0.25, 0.3) is 109 Å². The highest BCUT2D eigenvalue weighted by Gasteiger charge is 2.18. The van der Waals surface area contributed by atoms with E-state index in [-0.39, 0.29) is 0 Å². The van der Waals surface area contributed by atoms with Gasteiger partial charge in [-0.2, -0.15) is 0 Å². The molecule has 4 heteroatoms. The van der Waals surface area contributed by atoms with Crippen LogP contribution in [0.5, 0.6) is 0 Å². The van der Waals surface area contributed by atoms with Gasteiger partial charge in [-0.3, -0.25) is 0 Å². The Morgan fingerprint density at radius 2 is 0.930 bits per heavy atom. The smallest absolute Gasteiger partial charge is 0.160 e. The molecule has 57 heavy (non-hydrogen) atoms. The molecule has 0 unspecified atom stereocenters. The Morgan fingerprint density at radius 1 is 0.316 bits per heavy atom. The maximum atomic E-state index is 5.31. The molecule has 0 aliphatic heterocycles. The van der Waals surface area contributed by atoms with Crippen LogP contribution in [-0.2, 0) is 0 Å². The molecule has 266 valence electrons. The monoisotopic (exact) mass is 743 g/mol. The molecule has 3 nitrogen and oxygen atoms in total. The van der Waals surface area contributed by atoms with Crippen molar-refractivity contribution in [3.63, 3.8) is 0 Å². The largest absolute Gasteiger partial charge is 0.247 e. The van der Waals surface area contributed by atoms with Crippen LogP contribution >= 0.6 is 11.3 Å². The molecule has 0 aliphatic rings. The fraction of sp³-hybridized carbons (Fsp3) is 0. The van der Waals surface area contributed by atoms with Gasteiger partial charge in [-0.1, -0.05) is 170 Å². The van der Waals surface area contributed by atoms with E-state index >= 15 is 0 Å². The van der Waals surface area contributed by atoms with Crippen molar-refractivity contribution in [1.29, 1.82) is 0 Å². The van der Waals surface area contributed by atoms with Gasteiger partial charge in [-0.25, -0.2) is 15.0 Å². The predicted molar refractivity (Wildman–Crippen MR) is 240 cm³/mol. The van der Waals surface area contributed by atoms with Crippen molar-refractivity contribution in [2.24, 2.45) is 0 Å². The highest BCUT2D eigenvalue weighted by molar-refractivity contribution is 7.26. The van der Waals surface area contributed by atoms with Crippen LogP contribution in [0.2, 0.25) is 0 Å². The third-order valence-electron chi connectivity index (χ3n) is 10.9. The first kappa shape index (κ1) is 33.1. The van der Waals surface area contributed by atoms with Crippen molar-refractivity contribution in [3.8, 4) is 67.4 Å². The molecule has 11 rings (SSSR count). The zero-order valence-electron chi connectivity index (χ0n) is 30.8. The van der Waals surface area contributed by atoms with Crippen molar-refractivity contribution < 1.29 is 0 Å². The lowest BCUT2D eigenvalue weighted by atomic mass is 9.94. The lowest BCUT2D eigenvalue weighted by molar-refractivity contribution is 1.18. The quantitative estimate of drug-likeness (QED) is 0.159. The van der Waals surface area contributed by atoms with Crippen molar-refractivity contribution in [2.45, 2.75) is 0 Å². The Morgan fingerprint density at radius 3 is 1.70 bits per heavy atom. The molecule has 0 saturated heterocycles.